The third kappa shape index (κ3) is 3.78. The van der Waals surface area contributed by atoms with Gasteiger partial charge in [0.05, 0.1) is 25.7 Å². The number of β-amino-alcohol motifs (C(OH)–C–C–N with tert-alkyl or cyclic N) is 1. The Morgan fingerprint density at radius 1 is 1.19 bits per heavy atom. The van der Waals surface area contributed by atoms with Crippen molar-refractivity contribution in [3.63, 3.8) is 0 Å². The summed E-state index contributed by atoms with van der Waals surface area (Å²) in [5.74, 6) is 0.564. The minimum absolute atomic E-state index is 0.106. The van der Waals surface area contributed by atoms with Crippen molar-refractivity contribution in [1.29, 1.82) is 0 Å². The van der Waals surface area contributed by atoms with E-state index in [1.165, 1.54) is 11.1 Å². The van der Waals surface area contributed by atoms with Crippen LogP contribution in [0.15, 0.2) is 12.1 Å². The number of carboxylic acid groups (broad SMARTS) is 1. The molecule has 0 radical (unpaired) electrons. The summed E-state index contributed by atoms with van der Waals surface area (Å²) in [6.45, 7) is 6.65. The van der Waals surface area contributed by atoms with Crippen LogP contribution in [0.4, 0.5) is 0 Å². The maximum absolute atomic E-state index is 11.4. The molecule has 0 aromatic heterocycles. The van der Waals surface area contributed by atoms with Crippen molar-refractivity contribution >= 4 is 5.97 Å². The van der Waals surface area contributed by atoms with Crippen molar-refractivity contribution in [2.24, 2.45) is 5.92 Å². The van der Waals surface area contributed by atoms with Gasteiger partial charge in [0.25, 0.3) is 0 Å². The zero-order valence-electron chi connectivity index (χ0n) is 16.4. The molecule has 2 aliphatic rings. The molecule has 0 amide bonds. The Hall–Kier alpha value is -1.79. The molecular formula is C21H31NO5. The molecule has 0 bridgehead atoms. The summed E-state index contributed by atoms with van der Waals surface area (Å²) in [4.78, 5) is 13.8. The number of carbonyl (C=O) groups is 1. The lowest BCUT2D eigenvalue weighted by Gasteiger charge is -2.51. The molecule has 1 aromatic rings. The highest BCUT2D eigenvalue weighted by Crippen LogP contribution is 2.49. The highest BCUT2D eigenvalue weighted by atomic mass is 16.5. The molecule has 2 N–H and O–H groups in total. The second-order valence-corrected chi connectivity index (χ2v) is 7.43. The number of aliphatic hydroxyl groups is 1. The third-order valence-electron chi connectivity index (χ3n) is 6.06. The fourth-order valence-corrected chi connectivity index (χ4v) is 4.79. The Labute approximate surface area is 161 Å². The Morgan fingerprint density at radius 2 is 1.81 bits per heavy atom. The van der Waals surface area contributed by atoms with Crippen LogP contribution >= 0.6 is 0 Å². The van der Waals surface area contributed by atoms with E-state index in [9.17, 15) is 15.0 Å². The van der Waals surface area contributed by atoms with Gasteiger partial charge in [-0.1, -0.05) is 0 Å². The minimum Gasteiger partial charge on any atom is -0.490 e. The van der Waals surface area contributed by atoms with E-state index >= 15 is 0 Å². The zero-order chi connectivity index (χ0) is 19.4. The highest BCUT2D eigenvalue weighted by Gasteiger charge is 2.46. The maximum atomic E-state index is 11.4. The first-order chi connectivity index (χ1) is 13.1. The Morgan fingerprint density at radius 3 is 2.37 bits per heavy atom. The summed E-state index contributed by atoms with van der Waals surface area (Å²) in [7, 11) is 0. The fourth-order valence-electron chi connectivity index (χ4n) is 4.79. The van der Waals surface area contributed by atoms with Crippen LogP contribution in [0.5, 0.6) is 11.5 Å². The largest absolute Gasteiger partial charge is 0.490 e. The van der Waals surface area contributed by atoms with Crippen LogP contribution in [-0.2, 0) is 16.8 Å². The van der Waals surface area contributed by atoms with Gasteiger partial charge >= 0.3 is 5.97 Å². The molecule has 1 heterocycles. The van der Waals surface area contributed by atoms with Crippen molar-refractivity contribution in [3.05, 3.63) is 23.3 Å². The monoisotopic (exact) mass is 377 g/mol. The van der Waals surface area contributed by atoms with Gasteiger partial charge in [-0.15, -0.1) is 0 Å². The molecule has 1 aliphatic heterocycles. The molecular weight excluding hydrogens is 346 g/mol. The Bertz CT molecular complexity index is 667. The number of hydrogen-bond donors (Lipinski definition) is 2. The highest BCUT2D eigenvalue weighted by molar-refractivity contribution is 5.70. The average molecular weight is 377 g/mol. The van der Waals surface area contributed by atoms with Crippen LogP contribution in [0.1, 0.15) is 50.7 Å². The molecule has 0 saturated heterocycles. The zero-order valence-corrected chi connectivity index (χ0v) is 16.4. The second-order valence-electron chi connectivity index (χ2n) is 7.43. The third-order valence-corrected chi connectivity index (χ3v) is 6.06. The first-order valence-corrected chi connectivity index (χ1v) is 10.1. The predicted octanol–water partition coefficient (Wildman–Crippen LogP) is 2.80. The van der Waals surface area contributed by atoms with E-state index in [0.29, 0.717) is 32.6 Å². The lowest BCUT2D eigenvalue weighted by molar-refractivity contribution is -0.144. The number of aliphatic carboxylic acids is 1. The quantitative estimate of drug-likeness (QED) is 0.761. The van der Waals surface area contributed by atoms with E-state index in [2.05, 4.69) is 17.0 Å². The van der Waals surface area contributed by atoms with E-state index in [0.717, 1.165) is 37.3 Å². The van der Waals surface area contributed by atoms with Gasteiger partial charge < -0.3 is 19.7 Å². The van der Waals surface area contributed by atoms with E-state index in [1.54, 1.807) is 0 Å². The van der Waals surface area contributed by atoms with Gasteiger partial charge in [0, 0.05) is 18.6 Å². The predicted molar refractivity (Wildman–Crippen MR) is 102 cm³/mol. The van der Waals surface area contributed by atoms with E-state index < -0.39 is 5.97 Å². The molecule has 1 aliphatic carbocycles. The summed E-state index contributed by atoms with van der Waals surface area (Å²) >= 11 is 0. The number of benzene rings is 1. The summed E-state index contributed by atoms with van der Waals surface area (Å²) in [6.07, 6.45) is 3.79. The van der Waals surface area contributed by atoms with Crippen LogP contribution in [-0.4, -0.2) is 54.0 Å². The van der Waals surface area contributed by atoms with Crippen LogP contribution < -0.4 is 9.47 Å². The number of carboxylic acids is 1. The average Bonchev–Trinajstić information content (AvgIpc) is 2.66. The first-order valence-electron chi connectivity index (χ1n) is 10.1. The van der Waals surface area contributed by atoms with Gasteiger partial charge in [-0.2, -0.15) is 0 Å². The van der Waals surface area contributed by atoms with Crippen LogP contribution in [0.3, 0.4) is 0 Å². The van der Waals surface area contributed by atoms with Gasteiger partial charge in [-0.3, -0.25) is 9.69 Å². The SMILES string of the molecule is CCOc1cc2c(cc1OCC)[C@]1(CC[C@H](C(=O)O)CC1)N(CCO)CC2. The molecule has 1 aromatic carbocycles. The van der Waals surface area contributed by atoms with Crippen molar-refractivity contribution in [1.82, 2.24) is 4.90 Å². The lowest BCUT2D eigenvalue weighted by atomic mass is 9.68. The van der Waals surface area contributed by atoms with Gasteiger partial charge in [-0.25, -0.2) is 0 Å². The van der Waals surface area contributed by atoms with Crippen LogP contribution in [0.2, 0.25) is 0 Å². The molecule has 1 saturated carbocycles. The van der Waals surface area contributed by atoms with Crippen LogP contribution in [0, 0.1) is 5.92 Å². The normalized spacial score (nSPS) is 25.2. The minimum atomic E-state index is -0.698. The number of nitrogens with zero attached hydrogens (tertiary/aromatic N) is 1. The first kappa shape index (κ1) is 20.0. The molecule has 0 atom stereocenters. The molecule has 6 heteroatoms. The molecule has 3 rings (SSSR count). The van der Waals surface area contributed by atoms with Crippen LogP contribution in [0.25, 0.3) is 0 Å². The molecule has 27 heavy (non-hydrogen) atoms. The topological polar surface area (TPSA) is 79.2 Å². The molecule has 150 valence electrons. The van der Waals surface area contributed by atoms with E-state index in [-0.39, 0.29) is 18.1 Å². The van der Waals surface area contributed by atoms with Crippen molar-refractivity contribution < 1.29 is 24.5 Å². The summed E-state index contributed by atoms with van der Waals surface area (Å²) in [5, 5.41) is 19.0. The lowest BCUT2D eigenvalue weighted by Crippen LogP contribution is -2.53. The fraction of sp³-hybridized carbons (Fsp3) is 0.667. The van der Waals surface area contributed by atoms with Crippen molar-refractivity contribution in [2.75, 3.05) is 32.9 Å². The van der Waals surface area contributed by atoms with Gasteiger partial charge in [0.1, 0.15) is 0 Å². The smallest absolute Gasteiger partial charge is 0.306 e. The molecule has 0 unspecified atom stereocenters. The number of rotatable bonds is 7. The van der Waals surface area contributed by atoms with E-state index in [4.69, 9.17) is 9.47 Å². The van der Waals surface area contributed by atoms with Gasteiger partial charge in [0.15, 0.2) is 11.5 Å². The molecule has 1 spiro atoms. The Balaban J connectivity index is 2.03. The summed E-state index contributed by atoms with van der Waals surface area (Å²) in [6, 6.07) is 4.21. The molecule has 6 nitrogen and oxygen atoms in total. The number of hydrogen-bond acceptors (Lipinski definition) is 5. The van der Waals surface area contributed by atoms with Gasteiger partial charge in [0.2, 0.25) is 0 Å². The molecule has 1 fully saturated rings. The Kier molecular flexibility index (Phi) is 6.27. The number of ether oxygens (including phenoxy) is 2. The van der Waals surface area contributed by atoms with Crippen molar-refractivity contribution in [3.8, 4) is 11.5 Å². The van der Waals surface area contributed by atoms with Gasteiger partial charge in [-0.05, 0) is 69.2 Å². The second kappa shape index (κ2) is 8.48. The van der Waals surface area contributed by atoms with Crippen molar-refractivity contribution in [2.45, 2.75) is 51.5 Å². The summed E-state index contributed by atoms with van der Waals surface area (Å²) in [5.41, 5.74) is 2.25. The standard InChI is InChI=1S/C21H31NO5/c1-3-26-18-13-16-7-10-22(11-12-23)21(17(16)14-19(18)27-4-2)8-5-15(6-9-21)20(24)25/h13-15,23H,3-12H2,1-2H3,(H,24,25)/t15-,21+. The van der Waals surface area contributed by atoms with E-state index in [1.807, 2.05) is 13.8 Å². The number of fused-ring (bicyclic) bond motifs is 2. The summed E-state index contributed by atoms with van der Waals surface area (Å²) < 4.78 is 11.7. The number of aliphatic hydroxyl groups excluding tert-OH is 1. The maximum Gasteiger partial charge on any atom is 0.306 e.